The van der Waals surface area contributed by atoms with E-state index in [1.54, 1.807) is 30.4 Å². The van der Waals surface area contributed by atoms with Gasteiger partial charge < -0.3 is 14.9 Å². The number of aromatic nitrogens is 2. The van der Waals surface area contributed by atoms with E-state index in [1.807, 2.05) is 4.90 Å². The van der Waals surface area contributed by atoms with Crippen LogP contribution < -0.4 is 4.90 Å². The van der Waals surface area contributed by atoms with Gasteiger partial charge >= 0.3 is 0 Å². The van der Waals surface area contributed by atoms with Crippen LogP contribution in [0.4, 0.5) is 5.95 Å². The van der Waals surface area contributed by atoms with Crippen molar-refractivity contribution in [2.75, 3.05) is 31.6 Å². The van der Waals surface area contributed by atoms with Gasteiger partial charge in [0.2, 0.25) is 11.9 Å². The van der Waals surface area contributed by atoms with E-state index in [2.05, 4.69) is 9.97 Å². The van der Waals surface area contributed by atoms with E-state index in [1.165, 1.54) is 12.8 Å². The van der Waals surface area contributed by atoms with Crippen LogP contribution in [0.3, 0.4) is 0 Å². The molecule has 0 spiro atoms. The minimum absolute atomic E-state index is 0.143. The maximum atomic E-state index is 12.1. The summed E-state index contributed by atoms with van der Waals surface area (Å²) in [5.41, 5.74) is -0.884. The van der Waals surface area contributed by atoms with Crippen LogP contribution >= 0.6 is 0 Å². The lowest BCUT2D eigenvalue weighted by Gasteiger charge is -2.41. The molecule has 0 bridgehead atoms. The first kappa shape index (κ1) is 15.2. The molecule has 120 valence electrons. The number of carbonyl (C=O) groups excluding carboxylic acids is 1. The molecule has 1 unspecified atom stereocenters. The fourth-order valence-electron chi connectivity index (χ4n) is 3.12. The van der Waals surface area contributed by atoms with Crippen molar-refractivity contribution in [3.8, 4) is 0 Å². The zero-order chi connectivity index (χ0) is 15.6. The van der Waals surface area contributed by atoms with Crippen molar-refractivity contribution in [2.45, 2.75) is 37.7 Å². The van der Waals surface area contributed by atoms with Gasteiger partial charge in [0, 0.05) is 32.4 Å². The standard InChI is InChI=1S/C16H24N4O2/c1-19(14(21)10-13-4-5-13)11-16(22)6-2-9-20(12-16)15-17-7-3-8-18-15/h3,7-8,13,22H,2,4-6,9-12H2,1H3. The fourth-order valence-corrected chi connectivity index (χ4v) is 3.12. The third-order valence-corrected chi connectivity index (χ3v) is 4.51. The predicted molar refractivity (Wildman–Crippen MR) is 83.4 cm³/mol. The molecule has 2 heterocycles. The van der Waals surface area contributed by atoms with Gasteiger partial charge in [-0.1, -0.05) is 0 Å². The zero-order valence-electron chi connectivity index (χ0n) is 13.1. The summed E-state index contributed by atoms with van der Waals surface area (Å²) in [6.07, 6.45) is 7.96. The van der Waals surface area contributed by atoms with Crippen LogP contribution in [0.15, 0.2) is 18.5 Å². The molecule has 1 atom stereocenters. The maximum Gasteiger partial charge on any atom is 0.225 e. The normalized spacial score (nSPS) is 25.1. The Hall–Kier alpha value is -1.69. The van der Waals surface area contributed by atoms with Crippen molar-refractivity contribution in [3.63, 3.8) is 0 Å². The number of hydrogen-bond donors (Lipinski definition) is 1. The topological polar surface area (TPSA) is 69.6 Å². The van der Waals surface area contributed by atoms with Crippen LogP contribution in [0.5, 0.6) is 0 Å². The van der Waals surface area contributed by atoms with Gasteiger partial charge in [0.05, 0.1) is 18.7 Å². The quantitative estimate of drug-likeness (QED) is 0.881. The van der Waals surface area contributed by atoms with Crippen molar-refractivity contribution < 1.29 is 9.90 Å². The minimum Gasteiger partial charge on any atom is -0.386 e. The molecule has 1 amide bonds. The van der Waals surface area contributed by atoms with Gasteiger partial charge in [-0.05, 0) is 37.7 Å². The highest BCUT2D eigenvalue weighted by atomic mass is 16.3. The predicted octanol–water partition coefficient (Wildman–Crippen LogP) is 1.07. The highest BCUT2D eigenvalue weighted by molar-refractivity contribution is 5.76. The fraction of sp³-hybridized carbons (Fsp3) is 0.688. The molecule has 3 rings (SSSR count). The number of rotatable bonds is 5. The largest absolute Gasteiger partial charge is 0.386 e. The molecular weight excluding hydrogens is 280 g/mol. The highest BCUT2D eigenvalue weighted by Gasteiger charge is 2.37. The maximum absolute atomic E-state index is 12.1. The number of nitrogens with zero attached hydrogens (tertiary/aromatic N) is 4. The van der Waals surface area contributed by atoms with E-state index >= 15 is 0 Å². The number of β-amino-alcohol motifs (C(OH)–C–C–N with tert-alkyl or cyclic N) is 1. The molecule has 2 aliphatic rings. The lowest BCUT2D eigenvalue weighted by Crippen LogP contribution is -2.55. The van der Waals surface area contributed by atoms with E-state index in [4.69, 9.17) is 0 Å². The Bertz CT molecular complexity index is 520. The summed E-state index contributed by atoms with van der Waals surface area (Å²) in [5, 5.41) is 10.9. The third-order valence-electron chi connectivity index (χ3n) is 4.51. The van der Waals surface area contributed by atoms with Gasteiger partial charge in [0.25, 0.3) is 0 Å². The number of anilines is 1. The second kappa shape index (κ2) is 6.20. The molecule has 1 saturated heterocycles. The van der Waals surface area contributed by atoms with Crippen molar-refractivity contribution in [2.24, 2.45) is 5.92 Å². The molecular formula is C16H24N4O2. The first-order valence-corrected chi connectivity index (χ1v) is 8.04. The average molecular weight is 304 g/mol. The number of amides is 1. The summed E-state index contributed by atoms with van der Waals surface area (Å²) in [7, 11) is 1.79. The average Bonchev–Trinajstić information content (AvgIpc) is 3.31. The van der Waals surface area contributed by atoms with Gasteiger partial charge in [0.1, 0.15) is 0 Å². The summed E-state index contributed by atoms with van der Waals surface area (Å²) < 4.78 is 0. The SMILES string of the molecule is CN(CC1(O)CCCN(c2ncccn2)C1)C(=O)CC1CC1. The van der Waals surface area contributed by atoms with Gasteiger partial charge in [-0.3, -0.25) is 4.79 Å². The van der Waals surface area contributed by atoms with Crippen LogP contribution in [0.1, 0.15) is 32.1 Å². The zero-order valence-corrected chi connectivity index (χ0v) is 13.1. The smallest absolute Gasteiger partial charge is 0.225 e. The minimum atomic E-state index is -0.884. The number of hydrogen-bond acceptors (Lipinski definition) is 5. The van der Waals surface area contributed by atoms with Gasteiger partial charge in [0.15, 0.2) is 0 Å². The Morgan fingerprint density at radius 1 is 1.45 bits per heavy atom. The molecule has 0 aromatic carbocycles. The van der Waals surface area contributed by atoms with Gasteiger partial charge in [-0.2, -0.15) is 0 Å². The molecule has 1 aliphatic carbocycles. The molecule has 0 radical (unpaired) electrons. The van der Waals surface area contributed by atoms with E-state index in [9.17, 15) is 9.90 Å². The van der Waals surface area contributed by atoms with Crippen molar-refractivity contribution in [1.82, 2.24) is 14.9 Å². The summed E-state index contributed by atoms with van der Waals surface area (Å²) in [6, 6.07) is 1.78. The van der Waals surface area contributed by atoms with E-state index < -0.39 is 5.60 Å². The lowest BCUT2D eigenvalue weighted by atomic mass is 9.92. The molecule has 1 saturated carbocycles. The Morgan fingerprint density at radius 3 is 2.86 bits per heavy atom. The second-order valence-corrected chi connectivity index (χ2v) is 6.70. The van der Waals surface area contributed by atoms with Crippen molar-refractivity contribution >= 4 is 11.9 Å². The molecule has 1 N–H and O–H groups in total. The molecule has 22 heavy (non-hydrogen) atoms. The number of likely N-dealkylation sites (N-methyl/N-ethyl adjacent to an activating group) is 1. The van der Waals surface area contributed by atoms with Gasteiger partial charge in [-0.25, -0.2) is 9.97 Å². The Balaban J connectivity index is 1.60. The first-order chi connectivity index (χ1) is 10.6. The Morgan fingerprint density at radius 2 is 2.18 bits per heavy atom. The third kappa shape index (κ3) is 3.74. The van der Waals surface area contributed by atoms with Gasteiger partial charge in [-0.15, -0.1) is 0 Å². The molecule has 1 aromatic heterocycles. The number of carbonyl (C=O) groups is 1. The van der Waals surface area contributed by atoms with Crippen LogP contribution in [0, 0.1) is 5.92 Å². The number of piperidine rings is 1. The second-order valence-electron chi connectivity index (χ2n) is 6.70. The van der Waals surface area contributed by atoms with Crippen molar-refractivity contribution in [1.29, 1.82) is 0 Å². The Labute approximate surface area is 131 Å². The summed E-state index contributed by atoms with van der Waals surface area (Å²) in [6.45, 7) is 1.69. The molecule has 1 aliphatic heterocycles. The van der Waals surface area contributed by atoms with Crippen LogP contribution in [-0.4, -0.2) is 58.2 Å². The van der Waals surface area contributed by atoms with Crippen LogP contribution in [0.2, 0.25) is 0 Å². The molecule has 1 aromatic rings. The molecule has 2 fully saturated rings. The van der Waals surface area contributed by atoms with Crippen LogP contribution in [-0.2, 0) is 4.79 Å². The van der Waals surface area contributed by atoms with E-state index in [-0.39, 0.29) is 5.91 Å². The molecule has 6 nitrogen and oxygen atoms in total. The first-order valence-electron chi connectivity index (χ1n) is 8.04. The summed E-state index contributed by atoms with van der Waals surface area (Å²) in [4.78, 5) is 24.3. The molecule has 6 heteroatoms. The summed E-state index contributed by atoms with van der Waals surface area (Å²) in [5.74, 6) is 1.36. The van der Waals surface area contributed by atoms with E-state index in [0.717, 1.165) is 13.0 Å². The highest BCUT2D eigenvalue weighted by Crippen LogP contribution is 2.33. The van der Waals surface area contributed by atoms with Crippen LogP contribution in [0.25, 0.3) is 0 Å². The van der Waals surface area contributed by atoms with E-state index in [0.29, 0.717) is 37.8 Å². The Kier molecular flexibility index (Phi) is 4.29. The lowest BCUT2D eigenvalue weighted by molar-refractivity contribution is -0.133. The number of aliphatic hydroxyl groups is 1. The summed E-state index contributed by atoms with van der Waals surface area (Å²) >= 11 is 0. The monoisotopic (exact) mass is 304 g/mol. The van der Waals surface area contributed by atoms with Crippen molar-refractivity contribution in [3.05, 3.63) is 18.5 Å².